The number of hydrogen-bond donors (Lipinski definition) is 2. The molecular weight excluding hydrogens is 324 g/mol. The van der Waals surface area contributed by atoms with E-state index in [9.17, 15) is 14.7 Å². The van der Waals surface area contributed by atoms with E-state index in [1.54, 1.807) is 36.4 Å². The van der Waals surface area contributed by atoms with Crippen LogP contribution in [-0.2, 0) is 9.59 Å². The molecule has 2 N–H and O–H groups in total. The summed E-state index contributed by atoms with van der Waals surface area (Å²) in [5.41, 5.74) is 1.25. The molecule has 0 aliphatic carbocycles. The zero-order chi connectivity index (χ0) is 18.2. The number of carbonyl (C=O) groups is 2. The number of aliphatic carboxylic acids is 1. The first-order valence-electron chi connectivity index (χ1n) is 7.26. The highest BCUT2D eigenvalue weighted by molar-refractivity contribution is 5.89. The van der Waals surface area contributed by atoms with E-state index in [4.69, 9.17) is 14.6 Å². The minimum atomic E-state index is -1.06. The number of carbonyl (C=O) groups excluding carboxylic acids is 1. The molecule has 2 aromatic carbocycles. The van der Waals surface area contributed by atoms with Crippen LogP contribution in [0.15, 0.2) is 54.6 Å². The summed E-state index contributed by atoms with van der Waals surface area (Å²) in [6.07, 6.45) is 5.17. The van der Waals surface area contributed by atoms with E-state index in [2.05, 4.69) is 0 Å². The van der Waals surface area contributed by atoms with Crippen molar-refractivity contribution in [3.63, 3.8) is 0 Å². The molecule has 128 valence electrons. The van der Waals surface area contributed by atoms with Gasteiger partial charge in [-0.1, -0.05) is 18.2 Å². The molecule has 0 bridgehead atoms. The molecule has 0 spiro atoms. The van der Waals surface area contributed by atoms with E-state index in [1.807, 2.05) is 0 Å². The van der Waals surface area contributed by atoms with Gasteiger partial charge in [-0.2, -0.15) is 0 Å². The van der Waals surface area contributed by atoms with Crippen LogP contribution in [0.4, 0.5) is 0 Å². The Bertz CT molecular complexity index is 836. The van der Waals surface area contributed by atoms with Crippen molar-refractivity contribution in [1.29, 1.82) is 0 Å². The standard InChI is InChI=1S/C19H16O6/c1-24-17-12-14(5-8-16(17)20)7-10-19(23)25-15-4-2-3-13(11-15)6-9-18(21)22/h2-12,20H,1H3,(H,21,22). The summed E-state index contributed by atoms with van der Waals surface area (Å²) in [4.78, 5) is 22.4. The van der Waals surface area contributed by atoms with Crippen LogP contribution in [0, 0.1) is 0 Å². The van der Waals surface area contributed by atoms with E-state index in [0.29, 0.717) is 22.6 Å². The molecule has 25 heavy (non-hydrogen) atoms. The normalized spacial score (nSPS) is 10.9. The van der Waals surface area contributed by atoms with Gasteiger partial charge in [0, 0.05) is 12.2 Å². The molecule has 0 heterocycles. The largest absolute Gasteiger partial charge is 0.504 e. The van der Waals surface area contributed by atoms with Crippen LogP contribution >= 0.6 is 0 Å². The third-order valence-electron chi connectivity index (χ3n) is 3.11. The molecule has 0 aliphatic heterocycles. The van der Waals surface area contributed by atoms with Gasteiger partial charge < -0.3 is 19.7 Å². The Morgan fingerprint density at radius 2 is 1.72 bits per heavy atom. The number of carboxylic acids is 1. The van der Waals surface area contributed by atoms with Gasteiger partial charge in [-0.15, -0.1) is 0 Å². The lowest BCUT2D eigenvalue weighted by molar-refractivity contribution is -0.131. The van der Waals surface area contributed by atoms with Gasteiger partial charge in [-0.05, 0) is 47.5 Å². The number of benzene rings is 2. The zero-order valence-corrected chi connectivity index (χ0v) is 13.4. The molecule has 0 radical (unpaired) electrons. The Kier molecular flexibility index (Phi) is 5.95. The molecule has 6 nitrogen and oxygen atoms in total. The summed E-state index contributed by atoms with van der Waals surface area (Å²) >= 11 is 0. The smallest absolute Gasteiger partial charge is 0.336 e. The first kappa shape index (κ1) is 17.8. The minimum Gasteiger partial charge on any atom is -0.504 e. The van der Waals surface area contributed by atoms with Gasteiger partial charge in [-0.3, -0.25) is 0 Å². The average Bonchev–Trinajstić information content (AvgIpc) is 2.59. The van der Waals surface area contributed by atoms with Crippen molar-refractivity contribution in [2.24, 2.45) is 0 Å². The van der Waals surface area contributed by atoms with Crippen molar-refractivity contribution >= 4 is 24.1 Å². The summed E-state index contributed by atoms with van der Waals surface area (Å²) in [5, 5.41) is 18.1. The molecule has 0 saturated carbocycles. The monoisotopic (exact) mass is 340 g/mol. The molecule has 0 saturated heterocycles. The van der Waals surface area contributed by atoms with Crippen molar-refractivity contribution in [1.82, 2.24) is 0 Å². The average molecular weight is 340 g/mol. The number of esters is 1. The number of methoxy groups -OCH3 is 1. The highest BCUT2D eigenvalue weighted by atomic mass is 16.5. The molecule has 0 fully saturated rings. The summed E-state index contributed by atoms with van der Waals surface area (Å²) in [5.74, 6) is -1.05. The van der Waals surface area contributed by atoms with Gasteiger partial charge >= 0.3 is 11.9 Å². The van der Waals surface area contributed by atoms with Crippen molar-refractivity contribution in [3.05, 3.63) is 65.7 Å². The fraction of sp³-hybridized carbons (Fsp3) is 0.0526. The Balaban J connectivity index is 2.05. The van der Waals surface area contributed by atoms with Gasteiger partial charge in [0.1, 0.15) is 5.75 Å². The number of phenolic OH excluding ortho intramolecular Hbond substituents is 1. The van der Waals surface area contributed by atoms with Gasteiger partial charge in [0.25, 0.3) is 0 Å². The fourth-order valence-corrected chi connectivity index (χ4v) is 1.96. The summed E-state index contributed by atoms with van der Waals surface area (Å²) < 4.78 is 10.2. The van der Waals surface area contributed by atoms with Crippen LogP contribution in [0.5, 0.6) is 17.2 Å². The van der Waals surface area contributed by atoms with Crippen LogP contribution in [0.1, 0.15) is 11.1 Å². The molecular formula is C19H16O6. The summed E-state index contributed by atoms with van der Waals surface area (Å²) in [6.45, 7) is 0. The van der Waals surface area contributed by atoms with E-state index in [0.717, 1.165) is 6.08 Å². The molecule has 2 aromatic rings. The predicted octanol–water partition coefficient (Wildman–Crippen LogP) is 3.12. The molecule has 0 amide bonds. The maximum absolute atomic E-state index is 11.9. The van der Waals surface area contributed by atoms with Crippen LogP contribution in [0.3, 0.4) is 0 Å². The van der Waals surface area contributed by atoms with Crippen molar-refractivity contribution in [2.75, 3.05) is 7.11 Å². The number of hydrogen-bond acceptors (Lipinski definition) is 5. The van der Waals surface area contributed by atoms with Gasteiger partial charge in [0.15, 0.2) is 11.5 Å². The van der Waals surface area contributed by atoms with Crippen LogP contribution < -0.4 is 9.47 Å². The first-order valence-corrected chi connectivity index (χ1v) is 7.26. The number of phenols is 1. The topological polar surface area (TPSA) is 93.1 Å². The lowest BCUT2D eigenvalue weighted by atomic mass is 10.2. The highest BCUT2D eigenvalue weighted by Gasteiger charge is 2.03. The summed E-state index contributed by atoms with van der Waals surface area (Å²) in [7, 11) is 1.43. The van der Waals surface area contributed by atoms with E-state index in [1.165, 1.54) is 31.4 Å². The van der Waals surface area contributed by atoms with Crippen molar-refractivity contribution < 1.29 is 29.3 Å². The minimum absolute atomic E-state index is 0.00783. The second-order valence-electron chi connectivity index (χ2n) is 4.93. The van der Waals surface area contributed by atoms with Crippen molar-refractivity contribution in [3.8, 4) is 17.2 Å². The Labute approximate surface area is 144 Å². The van der Waals surface area contributed by atoms with Gasteiger partial charge in [0.2, 0.25) is 0 Å². The lowest BCUT2D eigenvalue weighted by Crippen LogP contribution is -2.03. The van der Waals surface area contributed by atoms with E-state index >= 15 is 0 Å². The third kappa shape index (κ3) is 5.54. The Morgan fingerprint density at radius 3 is 2.44 bits per heavy atom. The molecule has 2 rings (SSSR count). The van der Waals surface area contributed by atoms with Crippen molar-refractivity contribution in [2.45, 2.75) is 0 Å². The molecule has 6 heteroatoms. The quantitative estimate of drug-likeness (QED) is 0.477. The molecule has 0 aliphatic rings. The maximum atomic E-state index is 11.9. The van der Waals surface area contributed by atoms with E-state index < -0.39 is 11.9 Å². The van der Waals surface area contributed by atoms with E-state index in [-0.39, 0.29) is 5.75 Å². The number of aromatic hydroxyl groups is 1. The SMILES string of the molecule is COc1cc(C=CC(=O)Oc2cccc(C=CC(=O)O)c2)ccc1O. The van der Waals surface area contributed by atoms with Gasteiger partial charge in [0.05, 0.1) is 7.11 Å². The Morgan fingerprint density at radius 1 is 1.00 bits per heavy atom. The third-order valence-corrected chi connectivity index (χ3v) is 3.11. The number of ether oxygens (including phenoxy) is 2. The predicted molar refractivity (Wildman–Crippen MR) is 92.4 cm³/mol. The molecule has 0 atom stereocenters. The summed E-state index contributed by atoms with van der Waals surface area (Å²) in [6, 6.07) is 11.1. The second-order valence-corrected chi connectivity index (χ2v) is 4.93. The fourth-order valence-electron chi connectivity index (χ4n) is 1.96. The lowest BCUT2D eigenvalue weighted by Gasteiger charge is -2.04. The van der Waals surface area contributed by atoms with Gasteiger partial charge in [-0.25, -0.2) is 9.59 Å². The highest BCUT2D eigenvalue weighted by Crippen LogP contribution is 2.26. The molecule has 0 aromatic heterocycles. The second kappa shape index (κ2) is 8.35. The number of rotatable bonds is 6. The van der Waals surface area contributed by atoms with Crippen LogP contribution in [0.25, 0.3) is 12.2 Å². The number of carboxylic acid groups (broad SMARTS) is 1. The van der Waals surface area contributed by atoms with Crippen LogP contribution in [0.2, 0.25) is 0 Å². The Hall–Kier alpha value is -3.54. The first-order chi connectivity index (χ1) is 12.0. The van der Waals surface area contributed by atoms with Crippen LogP contribution in [-0.4, -0.2) is 29.3 Å². The maximum Gasteiger partial charge on any atom is 0.336 e. The molecule has 0 unspecified atom stereocenters. The zero-order valence-electron chi connectivity index (χ0n) is 13.4.